The van der Waals surface area contributed by atoms with E-state index in [1.165, 1.54) is 7.11 Å². The third kappa shape index (κ3) is 1.21. The number of rotatable bonds is 1. The van der Waals surface area contributed by atoms with Gasteiger partial charge in [0.25, 0.3) is 0 Å². The van der Waals surface area contributed by atoms with Crippen LogP contribution in [0, 0.1) is 0 Å². The molecule has 1 fully saturated rings. The number of esters is 1. The number of methoxy groups -OCH3 is 1. The van der Waals surface area contributed by atoms with Crippen LogP contribution in [-0.2, 0) is 9.53 Å². The fourth-order valence-electron chi connectivity index (χ4n) is 0.979. The van der Waals surface area contributed by atoms with Crippen molar-refractivity contribution in [2.24, 2.45) is 0 Å². The minimum Gasteiger partial charge on any atom is -0.468 e. The van der Waals surface area contributed by atoms with Crippen LogP contribution in [-0.4, -0.2) is 25.2 Å². The van der Waals surface area contributed by atoms with Gasteiger partial charge in [0, 0.05) is 6.04 Å². The topological polar surface area (TPSA) is 38.3 Å². The zero-order valence-electron chi connectivity index (χ0n) is 5.68. The van der Waals surface area contributed by atoms with Crippen LogP contribution in [0.25, 0.3) is 0 Å². The maximum absolute atomic E-state index is 10.7. The van der Waals surface area contributed by atoms with E-state index >= 15 is 0 Å². The number of carbonyl (C=O) groups is 1. The van der Waals surface area contributed by atoms with Gasteiger partial charge in [0.2, 0.25) is 0 Å². The molecule has 2 atom stereocenters. The van der Waals surface area contributed by atoms with Gasteiger partial charge >= 0.3 is 5.97 Å². The van der Waals surface area contributed by atoms with Gasteiger partial charge in [-0.3, -0.25) is 4.79 Å². The van der Waals surface area contributed by atoms with Crippen LogP contribution < -0.4 is 5.32 Å². The largest absolute Gasteiger partial charge is 0.468 e. The van der Waals surface area contributed by atoms with Crippen LogP contribution in [0.3, 0.4) is 0 Å². The second-order valence-electron chi connectivity index (χ2n) is 2.38. The van der Waals surface area contributed by atoms with Gasteiger partial charge in [-0.15, -0.1) is 0 Å². The molecule has 3 nitrogen and oxygen atoms in total. The van der Waals surface area contributed by atoms with E-state index in [4.69, 9.17) is 0 Å². The zero-order chi connectivity index (χ0) is 6.85. The van der Waals surface area contributed by atoms with Gasteiger partial charge in [0.1, 0.15) is 6.04 Å². The number of ether oxygens (including phenoxy) is 1. The van der Waals surface area contributed by atoms with Crippen LogP contribution in [0.4, 0.5) is 0 Å². The van der Waals surface area contributed by atoms with Crippen molar-refractivity contribution in [3.05, 3.63) is 0 Å². The van der Waals surface area contributed by atoms with Crippen LogP contribution >= 0.6 is 0 Å². The highest BCUT2D eigenvalue weighted by Crippen LogP contribution is 2.11. The molecule has 0 aromatic heterocycles. The molecule has 0 saturated carbocycles. The molecule has 1 aliphatic rings. The van der Waals surface area contributed by atoms with Gasteiger partial charge in [-0.1, -0.05) is 0 Å². The average Bonchev–Trinajstić information content (AvgIpc) is 1.79. The summed E-state index contributed by atoms with van der Waals surface area (Å²) >= 11 is 0. The lowest BCUT2D eigenvalue weighted by Crippen LogP contribution is -2.55. The second-order valence-corrected chi connectivity index (χ2v) is 2.38. The fourth-order valence-corrected chi connectivity index (χ4v) is 0.979. The van der Waals surface area contributed by atoms with Crippen molar-refractivity contribution in [2.75, 3.05) is 7.11 Å². The Hall–Kier alpha value is -0.570. The van der Waals surface area contributed by atoms with Crippen LogP contribution in [0.1, 0.15) is 13.3 Å². The number of nitrogens with one attached hydrogen (secondary N) is 1. The van der Waals surface area contributed by atoms with Crippen molar-refractivity contribution < 1.29 is 9.53 Å². The van der Waals surface area contributed by atoms with E-state index in [1.807, 2.05) is 6.92 Å². The maximum atomic E-state index is 10.7. The van der Waals surface area contributed by atoms with Crippen molar-refractivity contribution in [1.29, 1.82) is 0 Å². The lowest BCUT2D eigenvalue weighted by molar-refractivity contribution is -0.145. The van der Waals surface area contributed by atoms with Crippen molar-refractivity contribution in [3.63, 3.8) is 0 Å². The Morgan fingerprint density at radius 3 is 2.67 bits per heavy atom. The third-order valence-corrected chi connectivity index (χ3v) is 1.56. The van der Waals surface area contributed by atoms with Gasteiger partial charge in [-0.2, -0.15) is 0 Å². The Bertz CT molecular complexity index is 118. The van der Waals surface area contributed by atoms with E-state index < -0.39 is 0 Å². The number of hydrogen-bond acceptors (Lipinski definition) is 3. The van der Waals surface area contributed by atoms with Gasteiger partial charge in [-0.25, -0.2) is 0 Å². The maximum Gasteiger partial charge on any atom is 0.322 e. The van der Waals surface area contributed by atoms with Crippen LogP contribution in [0.15, 0.2) is 0 Å². The minimum absolute atomic E-state index is 0.0370. The lowest BCUT2D eigenvalue weighted by atomic mass is 9.99. The molecule has 0 bridgehead atoms. The molecular weight excluding hydrogens is 118 g/mol. The molecule has 52 valence electrons. The molecule has 0 aliphatic carbocycles. The van der Waals surface area contributed by atoms with E-state index in [0.717, 1.165) is 6.42 Å². The van der Waals surface area contributed by atoms with Gasteiger partial charge < -0.3 is 10.1 Å². The Morgan fingerprint density at radius 1 is 1.78 bits per heavy atom. The summed E-state index contributed by atoms with van der Waals surface area (Å²) in [6, 6.07) is 0.444. The molecule has 3 heteroatoms. The Morgan fingerprint density at radius 2 is 2.33 bits per heavy atom. The molecule has 1 N–H and O–H groups in total. The van der Waals surface area contributed by atoms with E-state index in [-0.39, 0.29) is 12.0 Å². The molecule has 0 amide bonds. The third-order valence-electron chi connectivity index (χ3n) is 1.56. The first kappa shape index (κ1) is 6.55. The highest BCUT2D eigenvalue weighted by molar-refractivity contribution is 5.76. The van der Waals surface area contributed by atoms with Gasteiger partial charge in [0.05, 0.1) is 7.11 Å². The fraction of sp³-hybridized carbons (Fsp3) is 0.833. The monoisotopic (exact) mass is 129 g/mol. The summed E-state index contributed by atoms with van der Waals surface area (Å²) < 4.78 is 4.50. The first-order valence-corrected chi connectivity index (χ1v) is 3.08. The number of carbonyl (C=O) groups excluding carboxylic acids is 1. The molecule has 0 aromatic carbocycles. The van der Waals surface area contributed by atoms with Crippen LogP contribution in [0.5, 0.6) is 0 Å². The van der Waals surface area contributed by atoms with Gasteiger partial charge in [-0.05, 0) is 13.3 Å². The molecule has 1 rings (SSSR count). The van der Waals surface area contributed by atoms with E-state index in [1.54, 1.807) is 0 Å². The van der Waals surface area contributed by atoms with Crippen LogP contribution in [0.2, 0.25) is 0 Å². The molecule has 0 aromatic rings. The summed E-state index contributed by atoms with van der Waals surface area (Å²) in [5, 5.41) is 3.02. The smallest absolute Gasteiger partial charge is 0.322 e. The molecule has 0 radical (unpaired) electrons. The SMILES string of the molecule is COC(=O)C1CC(C)N1. The number of hydrogen-bond donors (Lipinski definition) is 1. The Labute approximate surface area is 54.4 Å². The molecule has 0 spiro atoms. The predicted octanol–water partition coefficient (Wildman–Crippen LogP) is -0.0902. The zero-order valence-corrected chi connectivity index (χ0v) is 5.68. The molecular formula is C6H11NO2. The highest BCUT2D eigenvalue weighted by atomic mass is 16.5. The quantitative estimate of drug-likeness (QED) is 0.503. The van der Waals surface area contributed by atoms with Crippen molar-refractivity contribution in [2.45, 2.75) is 25.4 Å². The highest BCUT2D eigenvalue weighted by Gasteiger charge is 2.30. The van der Waals surface area contributed by atoms with E-state index in [0.29, 0.717) is 6.04 Å². The molecule has 1 heterocycles. The first-order chi connectivity index (χ1) is 4.24. The summed E-state index contributed by atoms with van der Waals surface area (Å²) in [6.45, 7) is 2.04. The summed E-state index contributed by atoms with van der Waals surface area (Å²) in [5.74, 6) is -0.145. The molecule has 2 unspecified atom stereocenters. The van der Waals surface area contributed by atoms with E-state index in [2.05, 4.69) is 10.1 Å². The van der Waals surface area contributed by atoms with Crippen molar-refractivity contribution >= 4 is 5.97 Å². The molecule has 1 saturated heterocycles. The summed E-state index contributed by atoms with van der Waals surface area (Å²) in [5.41, 5.74) is 0. The lowest BCUT2D eigenvalue weighted by Gasteiger charge is -2.32. The summed E-state index contributed by atoms with van der Waals surface area (Å²) in [7, 11) is 1.41. The van der Waals surface area contributed by atoms with Gasteiger partial charge in [0.15, 0.2) is 0 Å². The normalized spacial score (nSPS) is 33.1. The van der Waals surface area contributed by atoms with Crippen molar-refractivity contribution in [3.8, 4) is 0 Å². The molecule has 1 aliphatic heterocycles. The Balaban J connectivity index is 2.23. The Kier molecular flexibility index (Phi) is 1.71. The second kappa shape index (κ2) is 2.35. The first-order valence-electron chi connectivity index (χ1n) is 3.08. The molecule has 9 heavy (non-hydrogen) atoms. The average molecular weight is 129 g/mol. The minimum atomic E-state index is -0.145. The summed E-state index contributed by atoms with van der Waals surface area (Å²) in [4.78, 5) is 10.7. The van der Waals surface area contributed by atoms with Crippen molar-refractivity contribution in [1.82, 2.24) is 5.32 Å². The standard InChI is InChI=1S/C6H11NO2/c1-4-3-5(7-4)6(8)9-2/h4-5,7H,3H2,1-2H3. The predicted molar refractivity (Wildman–Crippen MR) is 33.0 cm³/mol. The van der Waals surface area contributed by atoms with E-state index in [9.17, 15) is 4.79 Å². The summed E-state index contributed by atoms with van der Waals surface area (Å²) in [6.07, 6.45) is 0.909.